The van der Waals surface area contributed by atoms with E-state index in [1.165, 1.54) is 0 Å². The molecule has 1 aliphatic rings. The number of anilines is 2. The van der Waals surface area contributed by atoms with E-state index in [1.807, 2.05) is 19.2 Å². The number of benzene rings is 2. The van der Waals surface area contributed by atoms with Crippen molar-refractivity contribution in [1.29, 1.82) is 0 Å². The maximum atomic E-state index is 12.8. The van der Waals surface area contributed by atoms with E-state index in [9.17, 15) is 9.59 Å². The van der Waals surface area contributed by atoms with Crippen molar-refractivity contribution in [1.82, 2.24) is 9.88 Å². The van der Waals surface area contributed by atoms with Crippen molar-refractivity contribution in [2.24, 2.45) is 4.99 Å². The average molecular weight is 478 g/mol. The Kier molecular flexibility index (Phi) is 6.08. The van der Waals surface area contributed by atoms with Gasteiger partial charge in [-0.3, -0.25) is 14.6 Å². The van der Waals surface area contributed by atoms with Gasteiger partial charge in [-0.05, 0) is 52.3 Å². The Bertz CT molecular complexity index is 1140. The van der Waals surface area contributed by atoms with Crippen molar-refractivity contribution in [3.8, 4) is 0 Å². The highest BCUT2D eigenvalue weighted by molar-refractivity contribution is 9.10. The van der Waals surface area contributed by atoms with Crippen LogP contribution in [0.1, 0.15) is 26.3 Å². The molecule has 3 aromatic rings. The number of hydrogen-bond acceptors (Lipinski definition) is 5. The molecule has 31 heavy (non-hydrogen) atoms. The molecule has 2 amide bonds. The summed E-state index contributed by atoms with van der Waals surface area (Å²) < 4.78 is 0.816. The first-order chi connectivity index (χ1) is 15.0. The van der Waals surface area contributed by atoms with E-state index in [1.54, 1.807) is 54.7 Å². The van der Waals surface area contributed by atoms with Gasteiger partial charge < -0.3 is 15.5 Å². The number of carbonyl (C=O) groups excluding carboxylic acids is 2. The number of rotatable bonds is 5. The van der Waals surface area contributed by atoms with Gasteiger partial charge in [0.1, 0.15) is 11.7 Å². The first kappa shape index (κ1) is 20.7. The minimum atomic E-state index is -0.358. The predicted molar refractivity (Wildman–Crippen MR) is 125 cm³/mol. The van der Waals surface area contributed by atoms with Crippen LogP contribution < -0.4 is 10.6 Å². The highest BCUT2D eigenvalue weighted by Crippen LogP contribution is 2.19. The zero-order valence-corrected chi connectivity index (χ0v) is 18.4. The number of hydrogen-bond donors (Lipinski definition) is 2. The zero-order chi connectivity index (χ0) is 21.8. The van der Waals surface area contributed by atoms with E-state index in [0.29, 0.717) is 22.6 Å². The second-order valence-corrected chi connectivity index (χ2v) is 7.94. The number of carbonyl (C=O) groups is 2. The van der Waals surface area contributed by atoms with Crippen molar-refractivity contribution < 1.29 is 9.59 Å². The molecule has 0 saturated carbocycles. The molecule has 0 fully saturated rings. The number of nitrogens with one attached hydrogen (secondary N) is 2. The minimum absolute atomic E-state index is 0.296. The Labute approximate surface area is 188 Å². The molecule has 2 N–H and O–H groups in total. The van der Waals surface area contributed by atoms with Gasteiger partial charge in [-0.1, -0.05) is 24.3 Å². The molecular formula is C23H20BrN5O2. The molecule has 0 spiro atoms. The molecule has 0 radical (unpaired) electrons. The fourth-order valence-electron chi connectivity index (χ4n) is 3.23. The first-order valence-corrected chi connectivity index (χ1v) is 10.5. The fourth-order valence-corrected chi connectivity index (χ4v) is 3.47. The Morgan fingerprint density at radius 1 is 0.968 bits per heavy atom. The van der Waals surface area contributed by atoms with Crippen LogP contribution in [0, 0.1) is 0 Å². The topological polar surface area (TPSA) is 86.7 Å². The summed E-state index contributed by atoms with van der Waals surface area (Å²) in [6.07, 6.45) is 1.60. The second-order valence-electron chi connectivity index (χ2n) is 7.02. The molecule has 0 saturated heterocycles. The Morgan fingerprint density at radius 2 is 1.74 bits per heavy atom. The molecule has 2 aromatic carbocycles. The van der Waals surface area contributed by atoms with Crippen LogP contribution in [0.4, 0.5) is 11.5 Å². The van der Waals surface area contributed by atoms with E-state index in [0.717, 1.165) is 29.0 Å². The number of nitrogens with zero attached hydrogens (tertiary/aromatic N) is 3. The maximum absolute atomic E-state index is 12.8. The molecule has 0 bridgehead atoms. The van der Waals surface area contributed by atoms with Gasteiger partial charge in [0.2, 0.25) is 0 Å². The molecule has 2 heterocycles. The van der Waals surface area contributed by atoms with Crippen LogP contribution in [-0.4, -0.2) is 47.7 Å². The van der Waals surface area contributed by atoms with Crippen molar-refractivity contribution in [3.05, 3.63) is 88.0 Å². The zero-order valence-electron chi connectivity index (χ0n) is 16.8. The minimum Gasteiger partial charge on any atom is -0.358 e. The van der Waals surface area contributed by atoms with Crippen LogP contribution in [0.5, 0.6) is 0 Å². The number of aromatic nitrogens is 1. The van der Waals surface area contributed by atoms with Crippen LogP contribution in [0.2, 0.25) is 0 Å². The molecule has 8 heteroatoms. The van der Waals surface area contributed by atoms with Gasteiger partial charge in [-0.2, -0.15) is 0 Å². The summed E-state index contributed by atoms with van der Waals surface area (Å²) in [7, 11) is 2.00. The molecule has 7 nitrogen and oxygen atoms in total. The number of amides is 2. The number of para-hydroxylation sites is 1. The fraction of sp³-hybridized carbons (Fsp3) is 0.130. The predicted octanol–water partition coefficient (Wildman–Crippen LogP) is 4.04. The molecule has 0 unspecified atom stereocenters. The van der Waals surface area contributed by atoms with Crippen molar-refractivity contribution >= 4 is 45.1 Å². The number of pyridine rings is 1. The van der Waals surface area contributed by atoms with Crippen LogP contribution in [0.3, 0.4) is 0 Å². The Balaban J connectivity index is 1.48. The smallest absolute Gasteiger partial charge is 0.258 e. The van der Waals surface area contributed by atoms with Gasteiger partial charge in [-0.25, -0.2) is 4.98 Å². The third-order valence-corrected chi connectivity index (χ3v) is 5.32. The molecular weight excluding hydrogens is 458 g/mol. The lowest BCUT2D eigenvalue weighted by Gasteiger charge is -2.14. The van der Waals surface area contributed by atoms with Gasteiger partial charge >= 0.3 is 0 Å². The van der Waals surface area contributed by atoms with Gasteiger partial charge in [0.05, 0.1) is 17.8 Å². The Morgan fingerprint density at radius 3 is 2.42 bits per heavy atom. The third kappa shape index (κ3) is 4.80. The molecule has 0 aliphatic carbocycles. The standard InChI is InChI=1S/C23H20BrN5O2/c1-29-13-12-25-21(29)15-6-8-16(9-7-15)22(30)27-19-5-3-2-4-18(19)23(31)28-20-11-10-17(24)14-26-20/h2-11,14H,12-13H2,1H3,(H,27,30)(H,26,28,31). The molecule has 156 valence electrons. The van der Waals surface area contributed by atoms with Crippen LogP contribution in [0.25, 0.3) is 0 Å². The normalized spacial score (nSPS) is 13.0. The van der Waals surface area contributed by atoms with E-state index in [2.05, 4.69) is 41.4 Å². The monoisotopic (exact) mass is 477 g/mol. The van der Waals surface area contributed by atoms with Crippen LogP contribution in [-0.2, 0) is 0 Å². The summed E-state index contributed by atoms with van der Waals surface area (Å²) in [4.78, 5) is 36.2. The summed E-state index contributed by atoms with van der Waals surface area (Å²) >= 11 is 3.31. The molecule has 4 rings (SSSR count). The summed E-state index contributed by atoms with van der Waals surface area (Å²) in [5, 5.41) is 5.57. The van der Waals surface area contributed by atoms with Crippen molar-refractivity contribution in [2.75, 3.05) is 30.8 Å². The number of amidine groups is 1. The highest BCUT2D eigenvalue weighted by Gasteiger charge is 2.17. The van der Waals surface area contributed by atoms with Gasteiger partial charge in [0, 0.05) is 35.4 Å². The SMILES string of the molecule is CN1CCN=C1c1ccc(C(=O)Nc2ccccc2C(=O)Nc2ccc(Br)cn2)cc1. The number of likely N-dealkylation sites (N-methyl/N-ethyl adjacent to an activating group) is 1. The van der Waals surface area contributed by atoms with Crippen molar-refractivity contribution in [3.63, 3.8) is 0 Å². The number of aliphatic imine (C=N–C) groups is 1. The summed E-state index contributed by atoms with van der Waals surface area (Å²) in [6, 6.07) is 17.6. The lowest BCUT2D eigenvalue weighted by Crippen LogP contribution is -2.23. The molecule has 1 aliphatic heterocycles. The molecule has 0 atom stereocenters. The Hall–Kier alpha value is -3.52. The quantitative estimate of drug-likeness (QED) is 0.580. The first-order valence-electron chi connectivity index (χ1n) is 9.70. The lowest BCUT2D eigenvalue weighted by molar-refractivity contribution is 0.102. The van der Waals surface area contributed by atoms with E-state index in [-0.39, 0.29) is 11.8 Å². The van der Waals surface area contributed by atoms with Crippen LogP contribution in [0.15, 0.2) is 76.3 Å². The number of halogens is 1. The van der Waals surface area contributed by atoms with Gasteiger partial charge in [-0.15, -0.1) is 0 Å². The third-order valence-electron chi connectivity index (χ3n) is 4.85. The summed E-state index contributed by atoms with van der Waals surface area (Å²) in [5.74, 6) is 0.693. The van der Waals surface area contributed by atoms with E-state index >= 15 is 0 Å². The average Bonchev–Trinajstić information content (AvgIpc) is 3.21. The van der Waals surface area contributed by atoms with Gasteiger partial charge in [0.25, 0.3) is 11.8 Å². The van der Waals surface area contributed by atoms with E-state index in [4.69, 9.17) is 0 Å². The van der Waals surface area contributed by atoms with Gasteiger partial charge in [0.15, 0.2) is 0 Å². The maximum Gasteiger partial charge on any atom is 0.258 e. The lowest BCUT2D eigenvalue weighted by atomic mass is 10.1. The largest absolute Gasteiger partial charge is 0.358 e. The summed E-state index contributed by atoms with van der Waals surface area (Å²) in [5.41, 5.74) is 2.23. The van der Waals surface area contributed by atoms with E-state index < -0.39 is 0 Å². The second kappa shape index (κ2) is 9.09. The summed E-state index contributed by atoms with van der Waals surface area (Å²) in [6.45, 7) is 1.68. The van der Waals surface area contributed by atoms with Crippen LogP contribution >= 0.6 is 15.9 Å². The molecule has 1 aromatic heterocycles. The highest BCUT2D eigenvalue weighted by atomic mass is 79.9. The van der Waals surface area contributed by atoms with Crippen molar-refractivity contribution in [2.45, 2.75) is 0 Å².